The molecule has 1 aliphatic heterocycles. The molecule has 2 aromatic carbocycles. The summed E-state index contributed by atoms with van der Waals surface area (Å²) in [5.74, 6) is 0.268. The normalized spacial score (nSPS) is 20.7. The van der Waals surface area contributed by atoms with Crippen molar-refractivity contribution in [3.05, 3.63) is 60.0 Å². The molecule has 0 radical (unpaired) electrons. The summed E-state index contributed by atoms with van der Waals surface area (Å²) in [6.45, 7) is 5.07. The molecule has 5 rings (SSSR count). The first-order valence-corrected chi connectivity index (χ1v) is 14.2. The average Bonchev–Trinajstić information content (AvgIpc) is 3.47. The third-order valence-electron chi connectivity index (χ3n) is 7.98. The van der Waals surface area contributed by atoms with Gasteiger partial charge in [0.15, 0.2) is 0 Å². The molecule has 0 unspecified atom stereocenters. The highest BCUT2D eigenvalue weighted by atomic mass is 32.2. The molecule has 1 saturated carbocycles. The lowest BCUT2D eigenvalue weighted by molar-refractivity contribution is -0.143. The van der Waals surface area contributed by atoms with E-state index in [2.05, 4.69) is 34.2 Å². The molecule has 0 spiro atoms. The van der Waals surface area contributed by atoms with E-state index in [0.29, 0.717) is 11.6 Å². The Morgan fingerprint density at radius 1 is 1.06 bits per heavy atom. The van der Waals surface area contributed by atoms with Crippen LogP contribution >= 0.6 is 0 Å². The maximum Gasteiger partial charge on any atom is 0.261 e. The number of rotatable bonds is 5. The van der Waals surface area contributed by atoms with Crippen molar-refractivity contribution in [3.63, 3.8) is 0 Å². The number of likely N-dealkylation sites (tertiary alicyclic amines) is 1. The molecular weight excluding hydrogens is 477 g/mol. The fraction of sp³-hybridized carbons (Fsp3) is 0.464. The first-order chi connectivity index (χ1) is 17.0. The Balaban J connectivity index is 1.41. The number of aryl methyl sites for hydroxylation is 1. The number of nitrogens with zero attached hydrogens (tertiary/aromatic N) is 2. The van der Waals surface area contributed by atoms with Crippen molar-refractivity contribution in [2.45, 2.75) is 68.7 Å². The molecule has 1 atom stereocenters. The van der Waals surface area contributed by atoms with Crippen molar-refractivity contribution in [2.75, 3.05) is 11.3 Å². The van der Waals surface area contributed by atoms with Gasteiger partial charge in [0.2, 0.25) is 5.91 Å². The van der Waals surface area contributed by atoms with E-state index in [0.717, 1.165) is 68.1 Å². The molecule has 36 heavy (non-hydrogen) atoms. The van der Waals surface area contributed by atoms with E-state index in [4.69, 9.17) is 0 Å². The minimum absolute atomic E-state index is 0.0123. The molecule has 1 saturated heterocycles. The van der Waals surface area contributed by atoms with Gasteiger partial charge in [-0.3, -0.25) is 9.52 Å². The standard InChI is InChI=1S/C28H34FN3O3S/c1-28(2)17-20(14-15-32(28)27(33)19-6-4-5-7-19)25-18-31(3)26-13-10-22(16-24(25)26)30-36(34,35)23-11-8-21(29)9-12-23/h8-13,16,18-20,30H,4-7,14-15,17H2,1-3H3/t20-/m0/s1. The molecule has 192 valence electrons. The summed E-state index contributed by atoms with van der Waals surface area (Å²) in [5.41, 5.74) is 2.42. The van der Waals surface area contributed by atoms with E-state index in [1.165, 1.54) is 17.7 Å². The monoisotopic (exact) mass is 511 g/mol. The third-order valence-corrected chi connectivity index (χ3v) is 9.38. The zero-order valence-corrected chi connectivity index (χ0v) is 21.9. The number of halogens is 1. The number of anilines is 1. The first kappa shape index (κ1) is 24.8. The second-order valence-corrected chi connectivity index (χ2v) is 12.6. The Labute approximate surface area is 212 Å². The Hall–Kier alpha value is -2.87. The highest BCUT2D eigenvalue weighted by Crippen LogP contribution is 2.42. The minimum Gasteiger partial charge on any atom is -0.350 e. The number of nitrogens with one attached hydrogen (secondary N) is 1. The van der Waals surface area contributed by atoms with Gasteiger partial charge in [-0.1, -0.05) is 12.8 Å². The maximum atomic E-state index is 13.3. The maximum absolute atomic E-state index is 13.3. The van der Waals surface area contributed by atoms with Crippen molar-refractivity contribution >= 4 is 32.5 Å². The van der Waals surface area contributed by atoms with Crippen LogP contribution in [0.25, 0.3) is 10.9 Å². The van der Waals surface area contributed by atoms with Crippen LogP contribution in [0.2, 0.25) is 0 Å². The zero-order chi connectivity index (χ0) is 25.7. The van der Waals surface area contributed by atoms with Gasteiger partial charge in [0.25, 0.3) is 10.0 Å². The van der Waals surface area contributed by atoms with Crippen LogP contribution in [-0.2, 0) is 21.9 Å². The lowest BCUT2D eigenvalue weighted by atomic mass is 9.78. The van der Waals surface area contributed by atoms with Gasteiger partial charge in [0.05, 0.1) is 4.90 Å². The number of hydrogen-bond acceptors (Lipinski definition) is 3. The number of hydrogen-bond donors (Lipinski definition) is 1. The highest BCUT2D eigenvalue weighted by Gasteiger charge is 2.41. The molecule has 1 amide bonds. The molecule has 2 fully saturated rings. The quantitative estimate of drug-likeness (QED) is 0.471. The summed E-state index contributed by atoms with van der Waals surface area (Å²) in [6, 6.07) is 10.3. The van der Waals surface area contributed by atoms with Crippen LogP contribution in [-0.4, -0.2) is 35.9 Å². The van der Waals surface area contributed by atoms with Crippen LogP contribution in [0.5, 0.6) is 0 Å². The Kier molecular flexibility index (Phi) is 6.35. The number of aromatic nitrogens is 1. The van der Waals surface area contributed by atoms with E-state index in [1.54, 1.807) is 6.07 Å². The fourth-order valence-electron chi connectivity index (χ4n) is 6.11. The van der Waals surface area contributed by atoms with Crippen molar-refractivity contribution in [1.82, 2.24) is 9.47 Å². The number of carbonyl (C=O) groups is 1. The minimum atomic E-state index is -3.84. The SMILES string of the molecule is Cn1cc([C@H]2CCN(C(=O)C3CCCC3)C(C)(C)C2)c2cc(NS(=O)(=O)c3ccc(F)cc3)ccc21. The van der Waals surface area contributed by atoms with Gasteiger partial charge in [-0.2, -0.15) is 0 Å². The summed E-state index contributed by atoms with van der Waals surface area (Å²) in [5, 5.41) is 1.01. The number of sulfonamides is 1. The Morgan fingerprint density at radius 2 is 1.75 bits per heavy atom. The van der Waals surface area contributed by atoms with Gasteiger partial charge in [-0.15, -0.1) is 0 Å². The summed E-state index contributed by atoms with van der Waals surface area (Å²) in [6.07, 6.45) is 8.19. The largest absolute Gasteiger partial charge is 0.350 e. The van der Waals surface area contributed by atoms with E-state index >= 15 is 0 Å². The van der Waals surface area contributed by atoms with Crippen molar-refractivity contribution in [2.24, 2.45) is 13.0 Å². The van der Waals surface area contributed by atoms with Gasteiger partial charge >= 0.3 is 0 Å². The predicted molar refractivity (Wildman–Crippen MR) is 140 cm³/mol. The third kappa shape index (κ3) is 4.63. The van der Waals surface area contributed by atoms with Crippen LogP contribution in [0.15, 0.2) is 53.6 Å². The summed E-state index contributed by atoms with van der Waals surface area (Å²) < 4.78 is 43.7. The average molecular weight is 512 g/mol. The molecule has 3 aromatic rings. The molecule has 2 heterocycles. The molecule has 2 aliphatic rings. The summed E-state index contributed by atoms with van der Waals surface area (Å²) in [7, 11) is -1.84. The highest BCUT2D eigenvalue weighted by molar-refractivity contribution is 7.92. The molecule has 1 aromatic heterocycles. The molecule has 0 bridgehead atoms. The van der Waals surface area contributed by atoms with E-state index in [-0.39, 0.29) is 22.3 Å². The molecular formula is C28H34FN3O3S. The van der Waals surface area contributed by atoms with Gasteiger partial charge in [0, 0.05) is 47.8 Å². The van der Waals surface area contributed by atoms with Crippen LogP contribution in [0, 0.1) is 11.7 Å². The number of amides is 1. The lowest BCUT2D eigenvalue weighted by Crippen LogP contribution is -2.53. The van der Waals surface area contributed by atoms with Crippen LogP contribution < -0.4 is 4.72 Å². The van der Waals surface area contributed by atoms with Gasteiger partial charge in [-0.05, 0) is 93.5 Å². The van der Waals surface area contributed by atoms with Crippen molar-refractivity contribution in [1.29, 1.82) is 0 Å². The molecule has 1 N–H and O–H groups in total. The van der Waals surface area contributed by atoms with Crippen molar-refractivity contribution in [3.8, 4) is 0 Å². The fourth-order valence-corrected chi connectivity index (χ4v) is 7.16. The van der Waals surface area contributed by atoms with Crippen LogP contribution in [0.4, 0.5) is 10.1 Å². The van der Waals surface area contributed by atoms with E-state index < -0.39 is 15.8 Å². The van der Waals surface area contributed by atoms with Gasteiger partial charge in [-0.25, -0.2) is 12.8 Å². The van der Waals surface area contributed by atoms with Gasteiger partial charge in [0.1, 0.15) is 5.82 Å². The number of carbonyl (C=O) groups excluding carboxylic acids is 1. The number of benzene rings is 2. The number of fused-ring (bicyclic) bond motifs is 1. The second kappa shape index (κ2) is 9.21. The lowest BCUT2D eigenvalue weighted by Gasteiger charge is -2.46. The van der Waals surface area contributed by atoms with Crippen molar-refractivity contribution < 1.29 is 17.6 Å². The zero-order valence-electron chi connectivity index (χ0n) is 21.1. The Bertz CT molecular complexity index is 1390. The number of piperidine rings is 1. The molecule has 6 nitrogen and oxygen atoms in total. The first-order valence-electron chi connectivity index (χ1n) is 12.7. The van der Waals surface area contributed by atoms with Crippen LogP contribution in [0.1, 0.15) is 63.9 Å². The summed E-state index contributed by atoms with van der Waals surface area (Å²) >= 11 is 0. The van der Waals surface area contributed by atoms with Gasteiger partial charge < -0.3 is 9.47 Å². The second-order valence-electron chi connectivity index (χ2n) is 11.0. The summed E-state index contributed by atoms with van der Waals surface area (Å²) in [4.78, 5) is 15.3. The predicted octanol–water partition coefficient (Wildman–Crippen LogP) is 5.79. The molecule has 8 heteroatoms. The topological polar surface area (TPSA) is 71.4 Å². The molecule has 1 aliphatic carbocycles. The van der Waals surface area contributed by atoms with E-state index in [9.17, 15) is 17.6 Å². The smallest absolute Gasteiger partial charge is 0.261 e. The van der Waals surface area contributed by atoms with Crippen LogP contribution in [0.3, 0.4) is 0 Å². The van der Waals surface area contributed by atoms with E-state index in [1.807, 2.05) is 19.2 Å². The Morgan fingerprint density at radius 3 is 2.42 bits per heavy atom.